The zero-order chi connectivity index (χ0) is 18.0. The van der Waals surface area contributed by atoms with Crippen LogP contribution in [0.5, 0.6) is 0 Å². The van der Waals surface area contributed by atoms with Crippen molar-refractivity contribution < 1.29 is 18.1 Å². The Bertz CT molecular complexity index is 899. The van der Waals surface area contributed by atoms with Crippen molar-refractivity contribution in [2.45, 2.75) is 26.9 Å². The average Bonchev–Trinajstić information content (AvgIpc) is 3.19. The lowest BCUT2D eigenvalue weighted by atomic mass is 10.2. The lowest BCUT2D eigenvalue weighted by Gasteiger charge is -2.03. The third-order valence-electron chi connectivity index (χ3n) is 3.70. The van der Waals surface area contributed by atoms with Gasteiger partial charge in [0.2, 0.25) is 0 Å². The summed E-state index contributed by atoms with van der Waals surface area (Å²) in [6.45, 7) is 4.32. The van der Waals surface area contributed by atoms with E-state index in [4.69, 9.17) is 4.52 Å². The zero-order valence-electron chi connectivity index (χ0n) is 13.6. The van der Waals surface area contributed by atoms with Gasteiger partial charge in [-0.25, -0.2) is 8.78 Å². The fourth-order valence-corrected chi connectivity index (χ4v) is 2.37. The Morgan fingerprint density at radius 2 is 2.04 bits per heavy atom. The van der Waals surface area contributed by atoms with Crippen LogP contribution in [0.15, 0.2) is 28.9 Å². The standard InChI is InChI=1S/C16H15F2N5O2/c1-3-23-9(2)10(7-20-23)15(24)19-8-13-21-16(25-22-13)14-11(17)5-4-6-12(14)18/h4-7H,3,8H2,1-2H3,(H,19,24). The summed E-state index contributed by atoms with van der Waals surface area (Å²) >= 11 is 0. The van der Waals surface area contributed by atoms with Crippen molar-refractivity contribution in [1.29, 1.82) is 0 Å². The Labute approximate surface area is 141 Å². The predicted molar refractivity (Wildman–Crippen MR) is 83.5 cm³/mol. The van der Waals surface area contributed by atoms with Gasteiger partial charge in [-0.3, -0.25) is 9.48 Å². The lowest BCUT2D eigenvalue weighted by molar-refractivity contribution is 0.0949. The highest BCUT2D eigenvalue weighted by Crippen LogP contribution is 2.24. The normalized spacial score (nSPS) is 10.9. The number of aryl methyl sites for hydroxylation is 1. The summed E-state index contributed by atoms with van der Waals surface area (Å²) in [5.74, 6) is -2.13. The van der Waals surface area contributed by atoms with Gasteiger partial charge >= 0.3 is 0 Å². The number of hydrogen-bond donors (Lipinski definition) is 1. The van der Waals surface area contributed by atoms with Crippen molar-refractivity contribution in [3.63, 3.8) is 0 Å². The van der Waals surface area contributed by atoms with Gasteiger partial charge in [0.15, 0.2) is 5.82 Å². The molecule has 0 aliphatic carbocycles. The molecule has 7 nitrogen and oxygen atoms in total. The number of halogens is 2. The number of carbonyl (C=O) groups excluding carboxylic acids is 1. The Balaban J connectivity index is 1.72. The van der Waals surface area contributed by atoms with Gasteiger partial charge in [-0.15, -0.1) is 0 Å². The van der Waals surface area contributed by atoms with Crippen LogP contribution < -0.4 is 5.32 Å². The third kappa shape index (κ3) is 3.25. The molecule has 130 valence electrons. The second-order valence-corrected chi connectivity index (χ2v) is 5.25. The Morgan fingerprint density at radius 1 is 1.32 bits per heavy atom. The molecule has 0 radical (unpaired) electrons. The molecule has 2 aromatic heterocycles. The van der Waals surface area contributed by atoms with Gasteiger partial charge in [-0.2, -0.15) is 10.1 Å². The van der Waals surface area contributed by atoms with Gasteiger partial charge < -0.3 is 9.84 Å². The number of hydrogen-bond acceptors (Lipinski definition) is 5. The second kappa shape index (κ2) is 6.80. The van der Waals surface area contributed by atoms with E-state index < -0.39 is 17.2 Å². The van der Waals surface area contributed by atoms with Crippen molar-refractivity contribution >= 4 is 5.91 Å². The topological polar surface area (TPSA) is 85.8 Å². The summed E-state index contributed by atoms with van der Waals surface area (Å²) < 4.78 is 34.0. The van der Waals surface area contributed by atoms with Crippen LogP contribution in [-0.2, 0) is 13.1 Å². The summed E-state index contributed by atoms with van der Waals surface area (Å²) in [4.78, 5) is 16.1. The smallest absolute Gasteiger partial charge is 0.263 e. The number of aromatic nitrogens is 4. The summed E-state index contributed by atoms with van der Waals surface area (Å²) in [7, 11) is 0. The predicted octanol–water partition coefficient (Wildman–Crippen LogP) is 2.47. The molecule has 0 saturated heterocycles. The summed E-state index contributed by atoms with van der Waals surface area (Å²) in [5, 5.41) is 10.3. The van der Waals surface area contributed by atoms with E-state index >= 15 is 0 Å². The zero-order valence-corrected chi connectivity index (χ0v) is 13.6. The first kappa shape index (κ1) is 16.7. The van der Waals surface area contributed by atoms with Crippen LogP contribution in [0.2, 0.25) is 0 Å². The number of rotatable bonds is 5. The van der Waals surface area contributed by atoms with Crippen LogP contribution in [0.4, 0.5) is 8.78 Å². The maximum atomic E-state index is 13.7. The van der Waals surface area contributed by atoms with E-state index in [-0.39, 0.29) is 24.2 Å². The minimum absolute atomic E-state index is 0.0465. The maximum Gasteiger partial charge on any atom is 0.263 e. The van der Waals surface area contributed by atoms with E-state index in [2.05, 4.69) is 20.6 Å². The van der Waals surface area contributed by atoms with Gasteiger partial charge in [0.05, 0.1) is 18.3 Å². The second-order valence-electron chi connectivity index (χ2n) is 5.25. The number of amides is 1. The van der Waals surface area contributed by atoms with E-state index in [1.807, 2.05) is 6.92 Å². The quantitative estimate of drug-likeness (QED) is 0.766. The summed E-state index contributed by atoms with van der Waals surface area (Å²) in [6, 6.07) is 3.43. The van der Waals surface area contributed by atoms with Gasteiger partial charge in [0.25, 0.3) is 11.8 Å². The van der Waals surface area contributed by atoms with Crippen molar-refractivity contribution in [3.8, 4) is 11.5 Å². The van der Waals surface area contributed by atoms with Crippen molar-refractivity contribution in [2.24, 2.45) is 0 Å². The monoisotopic (exact) mass is 347 g/mol. The Kier molecular flexibility index (Phi) is 4.55. The van der Waals surface area contributed by atoms with E-state index in [0.717, 1.165) is 17.8 Å². The van der Waals surface area contributed by atoms with Gasteiger partial charge in [0.1, 0.15) is 17.2 Å². The molecule has 3 aromatic rings. The fourth-order valence-electron chi connectivity index (χ4n) is 2.37. The molecule has 2 heterocycles. The molecule has 0 aliphatic rings. The molecular weight excluding hydrogens is 332 g/mol. The van der Waals surface area contributed by atoms with E-state index in [9.17, 15) is 13.6 Å². The van der Waals surface area contributed by atoms with Gasteiger partial charge in [-0.1, -0.05) is 11.2 Å². The number of benzene rings is 1. The molecule has 0 unspecified atom stereocenters. The molecule has 0 spiro atoms. The van der Waals surface area contributed by atoms with Crippen LogP contribution in [0.3, 0.4) is 0 Å². The molecule has 9 heteroatoms. The highest BCUT2D eigenvalue weighted by Gasteiger charge is 2.19. The molecule has 0 fully saturated rings. The van der Waals surface area contributed by atoms with Crippen LogP contribution in [0.25, 0.3) is 11.5 Å². The SMILES string of the molecule is CCn1ncc(C(=O)NCc2noc(-c3c(F)cccc3F)n2)c1C. The first-order valence-corrected chi connectivity index (χ1v) is 7.58. The summed E-state index contributed by atoms with van der Waals surface area (Å²) in [6.07, 6.45) is 1.48. The van der Waals surface area contributed by atoms with Crippen LogP contribution in [0, 0.1) is 18.6 Å². The largest absolute Gasteiger partial charge is 0.344 e. The van der Waals surface area contributed by atoms with Gasteiger partial charge in [-0.05, 0) is 26.0 Å². The fraction of sp³-hybridized carbons (Fsp3) is 0.250. The van der Waals surface area contributed by atoms with Crippen molar-refractivity contribution in [2.75, 3.05) is 0 Å². The van der Waals surface area contributed by atoms with Crippen LogP contribution >= 0.6 is 0 Å². The molecule has 1 amide bonds. The molecule has 0 atom stereocenters. The average molecular weight is 347 g/mol. The first-order valence-electron chi connectivity index (χ1n) is 7.58. The van der Waals surface area contributed by atoms with Crippen molar-refractivity contribution in [3.05, 3.63) is 53.1 Å². The maximum absolute atomic E-state index is 13.7. The Morgan fingerprint density at radius 3 is 2.68 bits per heavy atom. The molecule has 0 bridgehead atoms. The van der Waals surface area contributed by atoms with E-state index in [0.29, 0.717) is 12.1 Å². The highest BCUT2D eigenvalue weighted by molar-refractivity contribution is 5.94. The minimum Gasteiger partial charge on any atom is -0.344 e. The van der Waals surface area contributed by atoms with Crippen LogP contribution in [-0.4, -0.2) is 25.8 Å². The molecule has 0 saturated carbocycles. The molecule has 3 rings (SSSR count). The van der Waals surface area contributed by atoms with E-state index in [1.165, 1.54) is 12.3 Å². The van der Waals surface area contributed by atoms with Gasteiger partial charge in [0, 0.05) is 12.2 Å². The summed E-state index contributed by atoms with van der Waals surface area (Å²) in [5.41, 5.74) is 0.778. The minimum atomic E-state index is -0.804. The third-order valence-corrected chi connectivity index (χ3v) is 3.70. The molecular formula is C16H15F2N5O2. The lowest BCUT2D eigenvalue weighted by Crippen LogP contribution is -2.24. The van der Waals surface area contributed by atoms with E-state index in [1.54, 1.807) is 11.6 Å². The first-order chi connectivity index (χ1) is 12.0. The number of nitrogens with zero attached hydrogens (tertiary/aromatic N) is 4. The highest BCUT2D eigenvalue weighted by atomic mass is 19.1. The molecule has 25 heavy (non-hydrogen) atoms. The number of nitrogens with one attached hydrogen (secondary N) is 1. The van der Waals surface area contributed by atoms with Crippen LogP contribution in [0.1, 0.15) is 28.8 Å². The molecule has 1 N–H and O–H groups in total. The van der Waals surface area contributed by atoms with Crippen molar-refractivity contribution in [1.82, 2.24) is 25.2 Å². The molecule has 0 aliphatic heterocycles. The molecule has 1 aromatic carbocycles. The Hall–Kier alpha value is -3.10. The number of carbonyl (C=O) groups is 1.